The average Bonchev–Trinajstić information content (AvgIpc) is 4.35. The van der Waals surface area contributed by atoms with Crippen LogP contribution in [0.1, 0.15) is 97.6 Å². The number of benzene rings is 2. The molecule has 1 aromatic heterocycles. The van der Waals surface area contributed by atoms with Gasteiger partial charge < -0.3 is 78.8 Å². The molecule has 448 valence electrons. The Balaban J connectivity index is 1.30. The third-order valence-electron chi connectivity index (χ3n) is 14.7. The van der Waals surface area contributed by atoms with E-state index in [1.807, 2.05) is 18.2 Å². The van der Waals surface area contributed by atoms with Crippen molar-refractivity contribution < 1.29 is 68.1 Å². The lowest BCUT2D eigenvalue weighted by Crippen LogP contribution is -2.62. The second-order valence-corrected chi connectivity index (χ2v) is 21.6. The lowest BCUT2D eigenvalue weighted by molar-refractivity contribution is -0.145. The number of carbonyl (C=O) groups is 11. The number of aliphatic carboxylic acids is 1. The third-order valence-corrected chi connectivity index (χ3v) is 14.7. The van der Waals surface area contributed by atoms with E-state index >= 15 is 0 Å². The minimum Gasteiger partial charge on any atom is -0.480 e. The summed E-state index contributed by atoms with van der Waals surface area (Å²) < 4.78 is 0. The zero-order chi connectivity index (χ0) is 60.5. The Morgan fingerprint density at radius 2 is 1.17 bits per heavy atom. The molecule has 3 heterocycles. The van der Waals surface area contributed by atoms with Crippen LogP contribution in [0.15, 0.2) is 60.8 Å². The van der Waals surface area contributed by atoms with Crippen molar-refractivity contribution in [3.8, 4) is 0 Å². The number of aliphatic hydroxyl groups is 2. The van der Waals surface area contributed by atoms with Crippen LogP contribution in [-0.4, -0.2) is 181 Å². The predicted octanol–water partition coefficient (Wildman–Crippen LogP) is -1.90. The molecule has 2 fully saturated rings. The van der Waals surface area contributed by atoms with Gasteiger partial charge in [0.15, 0.2) is 0 Å². The smallest absolute Gasteiger partial charge is 0.326 e. The quantitative estimate of drug-likeness (QED) is 0.0361. The number of hydrogen-bond donors (Lipinski definition) is 13. The number of nitrogens with one attached hydrogen (secondary N) is 8. The Kier molecular flexibility index (Phi) is 23.9. The van der Waals surface area contributed by atoms with Gasteiger partial charge in [0.05, 0.1) is 25.2 Å². The molecule has 26 heteroatoms. The number of carbonyl (C=O) groups excluding carboxylic acids is 10. The molecule has 0 unspecified atom stereocenters. The predicted molar refractivity (Wildman–Crippen MR) is 298 cm³/mol. The number of amides is 10. The number of carboxylic acid groups (broad SMARTS) is 1. The molecule has 15 N–H and O–H groups in total. The highest BCUT2D eigenvalue weighted by molar-refractivity contribution is 6.00. The molecular formula is C56H80N12O14. The van der Waals surface area contributed by atoms with Crippen LogP contribution in [0.25, 0.3) is 10.9 Å². The number of primary amides is 1. The number of aliphatic hydroxyl groups excluding tert-OH is 2. The first-order valence-corrected chi connectivity index (χ1v) is 27.7. The summed E-state index contributed by atoms with van der Waals surface area (Å²) >= 11 is 0. The monoisotopic (exact) mass is 1140 g/mol. The average molecular weight is 1150 g/mol. The maximum Gasteiger partial charge on any atom is 0.326 e. The first kappa shape index (κ1) is 64.8. The molecule has 0 aliphatic carbocycles. The van der Waals surface area contributed by atoms with Gasteiger partial charge >= 0.3 is 5.97 Å². The van der Waals surface area contributed by atoms with Gasteiger partial charge in [0, 0.05) is 43.0 Å². The molecule has 2 aliphatic rings. The van der Waals surface area contributed by atoms with E-state index in [1.54, 1.807) is 70.3 Å². The van der Waals surface area contributed by atoms with E-state index in [4.69, 9.17) is 11.5 Å². The molecule has 5 rings (SSSR count). The van der Waals surface area contributed by atoms with Gasteiger partial charge in [-0.05, 0) is 75.0 Å². The fourth-order valence-corrected chi connectivity index (χ4v) is 10.1. The molecule has 10 amide bonds. The Labute approximate surface area is 475 Å². The zero-order valence-corrected chi connectivity index (χ0v) is 47.1. The highest BCUT2D eigenvalue weighted by Crippen LogP contribution is 2.24. The van der Waals surface area contributed by atoms with Gasteiger partial charge in [0.25, 0.3) is 0 Å². The topological polar surface area (TPSA) is 407 Å². The second-order valence-electron chi connectivity index (χ2n) is 21.6. The largest absolute Gasteiger partial charge is 0.480 e. The number of nitrogens with zero attached hydrogens (tertiary/aromatic N) is 2. The Morgan fingerprint density at radius 3 is 1.73 bits per heavy atom. The molecule has 2 aromatic carbocycles. The Hall–Kier alpha value is -7.97. The van der Waals surface area contributed by atoms with Crippen molar-refractivity contribution >= 4 is 75.9 Å². The van der Waals surface area contributed by atoms with Crippen molar-refractivity contribution in [1.29, 1.82) is 0 Å². The first-order valence-electron chi connectivity index (χ1n) is 27.7. The molecule has 82 heavy (non-hydrogen) atoms. The molecule has 26 nitrogen and oxygen atoms in total. The van der Waals surface area contributed by atoms with Crippen molar-refractivity contribution in [3.63, 3.8) is 0 Å². The first-order chi connectivity index (χ1) is 38.8. The van der Waals surface area contributed by atoms with Gasteiger partial charge in [0.2, 0.25) is 59.1 Å². The number of para-hydroxylation sites is 1. The van der Waals surface area contributed by atoms with Gasteiger partial charge in [-0.15, -0.1) is 0 Å². The van der Waals surface area contributed by atoms with Gasteiger partial charge in [0.1, 0.15) is 54.4 Å². The van der Waals surface area contributed by atoms with Gasteiger partial charge in [-0.2, -0.15) is 0 Å². The second kappa shape index (κ2) is 30.2. The molecule has 0 saturated carbocycles. The molecule has 0 bridgehead atoms. The van der Waals surface area contributed by atoms with E-state index in [0.29, 0.717) is 30.4 Å². The molecule has 0 spiro atoms. The van der Waals surface area contributed by atoms with E-state index in [9.17, 15) is 68.1 Å². The van der Waals surface area contributed by atoms with Crippen molar-refractivity contribution in [3.05, 3.63) is 71.9 Å². The number of carboxylic acids is 1. The van der Waals surface area contributed by atoms with Crippen LogP contribution in [-0.2, 0) is 65.6 Å². The fraction of sp³-hybridized carbons (Fsp3) is 0.554. The minimum absolute atomic E-state index is 0.00494. The molecule has 2 aliphatic heterocycles. The molecular weight excluding hydrogens is 1060 g/mol. The van der Waals surface area contributed by atoms with Crippen LogP contribution in [0.3, 0.4) is 0 Å². The highest BCUT2D eigenvalue weighted by Gasteiger charge is 2.43. The molecule has 0 radical (unpaired) electrons. The van der Waals surface area contributed by atoms with Crippen molar-refractivity contribution in [1.82, 2.24) is 52.0 Å². The van der Waals surface area contributed by atoms with Gasteiger partial charge in [-0.3, -0.25) is 47.9 Å². The SMILES string of the molecule is CC[C@H](C)[C@H](NC(=O)[C@@H]1CCCN1C(=O)[C@H](Cc1ccccc1)NC(=O)[C@H](CC(N)=O)NC(=O)[C@H](CC(C)C)NC(=O)[C@@H](NC(=O)[C@H](C)N)[C@@H](C)O)C(=O)N[C@@H](CO)C(=O)N1CCC[C@H]1C(=O)N[C@@H](Cc1c[nH]c2ccccc12)C(=O)O. The number of aromatic nitrogens is 1. The minimum atomic E-state index is -1.70. The molecule has 2 saturated heterocycles. The summed E-state index contributed by atoms with van der Waals surface area (Å²) in [7, 11) is 0. The summed E-state index contributed by atoms with van der Waals surface area (Å²) in [6, 6.07) is 2.21. The number of aromatic amines is 1. The van der Waals surface area contributed by atoms with E-state index in [-0.39, 0.29) is 51.1 Å². The lowest BCUT2D eigenvalue weighted by Gasteiger charge is -2.32. The number of nitrogens with two attached hydrogens (primary N) is 2. The van der Waals surface area contributed by atoms with Crippen LogP contribution in [0, 0.1) is 11.8 Å². The molecule has 12 atom stereocenters. The maximum absolute atomic E-state index is 14.8. The highest BCUT2D eigenvalue weighted by atomic mass is 16.4. The Bertz CT molecular complexity index is 2770. The summed E-state index contributed by atoms with van der Waals surface area (Å²) in [5, 5.41) is 49.6. The fourth-order valence-electron chi connectivity index (χ4n) is 10.1. The maximum atomic E-state index is 14.8. The van der Waals surface area contributed by atoms with Gasteiger partial charge in [-0.25, -0.2) is 4.79 Å². The van der Waals surface area contributed by atoms with Crippen molar-refractivity contribution in [2.45, 2.75) is 166 Å². The molecule has 3 aromatic rings. The van der Waals surface area contributed by atoms with Crippen LogP contribution in [0.4, 0.5) is 0 Å². The van der Waals surface area contributed by atoms with Crippen LogP contribution < -0.4 is 48.7 Å². The Morgan fingerprint density at radius 1 is 0.634 bits per heavy atom. The van der Waals surface area contributed by atoms with Crippen LogP contribution >= 0.6 is 0 Å². The van der Waals surface area contributed by atoms with E-state index in [2.05, 4.69) is 42.2 Å². The third kappa shape index (κ3) is 17.5. The standard InChI is InChI=1S/C56H80N12O14/c1-7-30(4)45(52(77)64-41(28-69)55(80)68-22-13-19-42(68)50(75)63-40(56(81)82)25-34-27-59-36-18-12-11-17-35(34)36)65-51(76)43-20-14-21-67(43)54(79)39(24-33-15-9-8-10-16-33)62-49(74)38(26-44(58)71)60-48(73)37(23-29(2)3)61-53(78)46(32(6)70)66-47(72)31(5)57/h8-12,15-18,27,29-32,37-43,45-46,59,69-70H,7,13-14,19-26,28,57H2,1-6H3,(H2,58,71)(H,60,73)(H,61,78)(H,62,74)(H,63,75)(H,64,77)(H,65,76)(H,66,72)(H,81,82)/t30-,31-,32+,37-,38-,39-,40-,41-,42-,43-,45-,46-/m0/s1. The van der Waals surface area contributed by atoms with E-state index in [0.717, 1.165) is 10.9 Å². The number of hydrogen-bond acceptors (Lipinski definition) is 14. The van der Waals surface area contributed by atoms with Crippen LogP contribution in [0.5, 0.6) is 0 Å². The number of likely N-dealkylation sites (tertiary alicyclic amines) is 2. The normalized spacial score (nSPS) is 18.8. The van der Waals surface area contributed by atoms with E-state index in [1.165, 1.54) is 23.6 Å². The summed E-state index contributed by atoms with van der Waals surface area (Å²) in [5.74, 6) is -10.6. The summed E-state index contributed by atoms with van der Waals surface area (Å²) in [6.07, 6.45) is 0.642. The van der Waals surface area contributed by atoms with Crippen LogP contribution in [0.2, 0.25) is 0 Å². The zero-order valence-electron chi connectivity index (χ0n) is 47.1. The lowest BCUT2D eigenvalue weighted by atomic mass is 9.97. The summed E-state index contributed by atoms with van der Waals surface area (Å²) in [6.45, 7) is 8.75. The summed E-state index contributed by atoms with van der Waals surface area (Å²) in [5.41, 5.74) is 13.2. The van der Waals surface area contributed by atoms with Crippen molar-refractivity contribution in [2.24, 2.45) is 23.3 Å². The number of fused-ring (bicyclic) bond motifs is 1. The summed E-state index contributed by atoms with van der Waals surface area (Å²) in [4.78, 5) is 156. The number of rotatable bonds is 29. The van der Waals surface area contributed by atoms with E-state index < -0.39 is 151 Å². The number of H-pyrrole nitrogens is 1. The van der Waals surface area contributed by atoms with Crippen molar-refractivity contribution in [2.75, 3.05) is 19.7 Å². The van der Waals surface area contributed by atoms with Gasteiger partial charge in [-0.1, -0.05) is 82.6 Å².